The third-order valence-corrected chi connectivity index (χ3v) is 2.54. The first-order chi connectivity index (χ1) is 9.24. The van der Waals surface area contributed by atoms with Gasteiger partial charge in [0.1, 0.15) is 17.7 Å². The van der Waals surface area contributed by atoms with Crippen molar-refractivity contribution in [3.8, 4) is 0 Å². The first-order valence-corrected chi connectivity index (χ1v) is 7.08. The van der Waals surface area contributed by atoms with E-state index in [2.05, 4.69) is 10.6 Å². The number of rotatable bonds is 4. The maximum atomic E-state index is 12.0. The minimum absolute atomic E-state index is 0.227. The van der Waals surface area contributed by atoms with Gasteiger partial charge in [-0.3, -0.25) is 9.59 Å². The lowest BCUT2D eigenvalue weighted by Crippen LogP contribution is -2.52. The molecule has 122 valence electrons. The fourth-order valence-corrected chi connectivity index (χ4v) is 1.27. The van der Waals surface area contributed by atoms with Gasteiger partial charge in [-0.15, -0.1) is 0 Å². The van der Waals surface area contributed by atoms with Crippen LogP contribution in [-0.2, 0) is 19.1 Å². The van der Waals surface area contributed by atoms with Crippen molar-refractivity contribution < 1.29 is 19.1 Å². The fraction of sp³-hybridized carbons (Fsp3) is 0.800. The second kappa shape index (κ2) is 6.91. The SMILES string of the molecule is CC(NC(=O)C(C)(C)C)C(=O)N[C@H](C)C(=O)OC(C)(C)C. The molecular formula is C15H28N2O4. The number of esters is 1. The summed E-state index contributed by atoms with van der Waals surface area (Å²) >= 11 is 0. The Kier molecular flexibility index (Phi) is 6.39. The van der Waals surface area contributed by atoms with Gasteiger partial charge in [0.15, 0.2) is 0 Å². The molecule has 1 unspecified atom stereocenters. The van der Waals surface area contributed by atoms with Gasteiger partial charge in [0.2, 0.25) is 11.8 Å². The van der Waals surface area contributed by atoms with Gasteiger partial charge in [0.25, 0.3) is 0 Å². The average molecular weight is 300 g/mol. The zero-order valence-electron chi connectivity index (χ0n) is 14.3. The Morgan fingerprint density at radius 3 is 1.71 bits per heavy atom. The van der Waals surface area contributed by atoms with E-state index in [0.717, 1.165) is 0 Å². The molecule has 21 heavy (non-hydrogen) atoms. The lowest BCUT2D eigenvalue weighted by Gasteiger charge is -2.24. The molecule has 0 aromatic rings. The number of ether oxygens (including phenoxy) is 1. The van der Waals surface area contributed by atoms with Gasteiger partial charge in [0.05, 0.1) is 0 Å². The molecule has 2 N–H and O–H groups in total. The summed E-state index contributed by atoms with van der Waals surface area (Å²) in [6, 6.07) is -1.49. The van der Waals surface area contributed by atoms with Crippen LogP contribution < -0.4 is 10.6 Å². The van der Waals surface area contributed by atoms with E-state index in [0.29, 0.717) is 0 Å². The predicted octanol–water partition coefficient (Wildman–Crippen LogP) is 1.38. The highest BCUT2D eigenvalue weighted by molar-refractivity contribution is 5.91. The summed E-state index contributed by atoms with van der Waals surface area (Å²) in [4.78, 5) is 35.5. The van der Waals surface area contributed by atoms with Crippen LogP contribution in [0.3, 0.4) is 0 Å². The van der Waals surface area contributed by atoms with Gasteiger partial charge < -0.3 is 15.4 Å². The van der Waals surface area contributed by atoms with Crippen LogP contribution in [0.1, 0.15) is 55.4 Å². The molecule has 6 nitrogen and oxygen atoms in total. The van der Waals surface area contributed by atoms with E-state index in [1.807, 2.05) is 0 Å². The van der Waals surface area contributed by atoms with Gasteiger partial charge in [0, 0.05) is 5.41 Å². The van der Waals surface area contributed by atoms with Crippen molar-refractivity contribution >= 4 is 17.8 Å². The second-order valence-electron chi connectivity index (χ2n) is 7.21. The van der Waals surface area contributed by atoms with E-state index in [4.69, 9.17) is 4.74 Å². The molecule has 6 heteroatoms. The number of nitrogens with one attached hydrogen (secondary N) is 2. The smallest absolute Gasteiger partial charge is 0.328 e. The van der Waals surface area contributed by atoms with Crippen LogP contribution in [0.2, 0.25) is 0 Å². The molecular weight excluding hydrogens is 272 g/mol. The molecule has 0 aliphatic carbocycles. The van der Waals surface area contributed by atoms with Gasteiger partial charge in [-0.25, -0.2) is 4.79 Å². The van der Waals surface area contributed by atoms with Crippen LogP contribution in [0.5, 0.6) is 0 Å². The zero-order chi connectivity index (χ0) is 17.0. The molecule has 0 aromatic heterocycles. The Labute approximate surface area is 127 Å². The van der Waals surface area contributed by atoms with Crippen molar-refractivity contribution in [2.75, 3.05) is 0 Å². The van der Waals surface area contributed by atoms with Crippen LogP contribution in [0.4, 0.5) is 0 Å². The summed E-state index contributed by atoms with van der Waals surface area (Å²) in [5.41, 5.74) is -1.19. The number of hydrogen-bond donors (Lipinski definition) is 2. The largest absolute Gasteiger partial charge is 0.458 e. The molecule has 2 atom stereocenters. The van der Waals surface area contributed by atoms with E-state index in [-0.39, 0.29) is 5.91 Å². The normalized spacial score (nSPS) is 14.9. The quantitative estimate of drug-likeness (QED) is 0.768. The summed E-state index contributed by atoms with van der Waals surface area (Å²) in [5, 5.41) is 5.14. The molecule has 0 spiro atoms. The molecule has 0 aliphatic rings. The lowest BCUT2D eigenvalue weighted by atomic mass is 9.95. The van der Waals surface area contributed by atoms with Gasteiger partial charge in [-0.2, -0.15) is 0 Å². The molecule has 0 aliphatic heterocycles. The first-order valence-electron chi connectivity index (χ1n) is 7.08. The van der Waals surface area contributed by atoms with Gasteiger partial charge in [-0.1, -0.05) is 20.8 Å². The standard InChI is InChI=1S/C15H28N2O4/c1-9(17-13(20)14(3,4)5)11(18)16-10(2)12(19)21-15(6,7)8/h9-10H,1-8H3,(H,16,18)(H,17,20)/t9?,10-/m1/s1. The van der Waals surface area contributed by atoms with Crippen molar-refractivity contribution in [1.29, 1.82) is 0 Å². The van der Waals surface area contributed by atoms with Crippen LogP contribution >= 0.6 is 0 Å². The third-order valence-electron chi connectivity index (χ3n) is 2.54. The Morgan fingerprint density at radius 2 is 1.33 bits per heavy atom. The van der Waals surface area contributed by atoms with E-state index < -0.39 is 35.0 Å². The zero-order valence-corrected chi connectivity index (χ0v) is 14.3. The molecule has 0 saturated heterocycles. The van der Waals surface area contributed by atoms with Crippen molar-refractivity contribution in [2.45, 2.75) is 73.1 Å². The summed E-state index contributed by atoms with van der Waals surface area (Å²) in [6.45, 7) is 13.7. The summed E-state index contributed by atoms with van der Waals surface area (Å²) in [5.74, 6) is -1.16. The van der Waals surface area contributed by atoms with Crippen LogP contribution in [-0.4, -0.2) is 35.5 Å². The molecule has 0 rings (SSSR count). The Bertz CT molecular complexity index is 405. The van der Waals surface area contributed by atoms with E-state index >= 15 is 0 Å². The summed E-state index contributed by atoms with van der Waals surface area (Å²) in [7, 11) is 0. The minimum Gasteiger partial charge on any atom is -0.458 e. The average Bonchev–Trinajstić information content (AvgIpc) is 2.24. The molecule has 0 bridgehead atoms. The van der Waals surface area contributed by atoms with Gasteiger partial charge in [-0.05, 0) is 34.6 Å². The van der Waals surface area contributed by atoms with Crippen molar-refractivity contribution in [3.63, 3.8) is 0 Å². The fourth-order valence-electron chi connectivity index (χ4n) is 1.27. The molecule has 2 amide bonds. The number of carbonyl (C=O) groups is 3. The predicted molar refractivity (Wildman–Crippen MR) is 80.5 cm³/mol. The number of carbonyl (C=O) groups excluding carboxylic acids is 3. The van der Waals surface area contributed by atoms with Gasteiger partial charge >= 0.3 is 5.97 Å². The Morgan fingerprint density at radius 1 is 0.857 bits per heavy atom. The summed E-state index contributed by atoms with van der Waals surface area (Å²) in [6.07, 6.45) is 0. The van der Waals surface area contributed by atoms with E-state index in [9.17, 15) is 14.4 Å². The second-order valence-corrected chi connectivity index (χ2v) is 7.21. The highest BCUT2D eigenvalue weighted by atomic mass is 16.6. The highest BCUT2D eigenvalue weighted by Gasteiger charge is 2.28. The molecule has 0 heterocycles. The van der Waals surface area contributed by atoms with E-state index in [1.54, 1.807) is 55.4 Å². The monoisotopic (exact) mass is 300 g/mol. The Hall–Kier alpha value is -1.59. The van der Waals surface area contributed by atoms with E-state index in [1.165, 1.54) is 0 Å². The summed E-state index contributed by atoms with van der Waals surface area (Å²) < 4.78 is 5.17. The Balaban J connectivity index is 4.48. The van der Waals surface area contributed by atoms with Crippen molar-refractivity contribution in [2.24, 2.45) is 5.41 Å². The molecule has 0 fully saturated rings. The topological polar surface area (TPSA) is 84.5 Å². The number of hydrogen-bond acceptors (Lipinski definition) is 4. The maximum Gasteiger partial charge on any atom is 0.328 e. The van der Waals surface area contributed by atoms with Crippen LogP contribution in [0.15, 0.2) is 0 Å². The minimum atomic E-state index is -0.772. The van der Waals surface area contributed by atoms with Crippen molar-refractivity contribution in [1.82, 2.24) is 10.6 Å². The third kappa shape index (κ3) is 7.68. The molecule has 0 radical (unpaired) electrons. The molecule has 0 saturated carbocycles. The molecule has 0 aromatic carbocycles. The first kappa shape index (κ1) is 19.4. The van der Waals surface area contributed by atoms with Crippen LogP contribution in [0, 0.1) is 5.41 Å². The maximum absolute atomic E-state index is 12.0. The van der Waals surface area contributed by atoms with Crippen LogP contribution in [0.25, 0.3) is 0 Å². The van der Waals surface area contributed by atoms with Crippen molar-refractivity contribution in [3.05, 3.63) is 0 Å². The highest BCUT2D eigenvalue weighted by Crippen LogP contribution is 2.13. The lowest BCUT2D eigenvalue weighted by molar-refractivity contribution is -0.158. The number of amides is 2.